The summed E-state index contributed by atoms with van der Waals surface area (Å²) in [6.07, 6.45) is 1.00. The first-order valence-corrected chi connectivity index (χ1v) is 8.39. The zero-order valence-electron chi connectivity index (χ0n) is 12.5. The van der Waals surface area contributed by atoms with Crippen molar-refractivity contribution in [1.29, 1.82) is 0 Å². The molecule has 0 amide bonds. The van der Waals surface area contributed by atoms with Crippen molar-refractivity contribution in [2.24, 2.45) is 0 Å². The number of sulfone groups is 1. The zero-order chi connectivity index (χ0) is 14.6. The molecular formula is C15H25NO2S. The fourth-order valence-electron chi connectivity index (χ4n) is 2.02. The van der Waals surface area contributed by atoms with Crippen molar-refractivity contribution < 1.29 is 8.42 Å². The van der Waals surface area contributed by atoms with E-state index in [2.05, 4.69) is 12.2 Å². The van der Waals surface area contributed by atoms with Gasteiger partial charge in [0.2, 0.25) is 0 Å². The molecule has 1 aromatic carbocycles. The number of hydrogen-bond acceptors (Lipinski definition) is 3. The molecule has 4 heteroatoms. The fourth-order valence-corrected chi connectivity index (χ4v) is 3.92. The predicted octanol–water partition coefficient (Wildman–Crippen LogP) is 2.85. The molecule has 0 saturated heterocycles. The Bertz CT molecular complexity index is 523. The molecule has 0 bridgehead atoms. The maximum absolute atomic E-state index is 12.7. The summed E-state index contributed by atoms with van der Waals surface area (Å²) in [5.41, 5.74) is 1.80. The van der Waals surface area contributed by atoms with Crippen molar-refractivity contribution in [3.63, 3.8) is 0 Å². The number of hydrogen-bond donors (Lipinski definition) is 1. The second kappa shape index (κ2) is 6.53. The van der Waals surface area contributed by atoms with Crippen LogP contribution in [-0.4, -0.2) is 26.3 Å². The van der Waals surface area contributed by atoms with E-state index < -0.39 is 15.1 Å². The molecule has 0 aliphatic heterocycles. The summed E-state index contributed by atoms with van der Waals surface area (Å²) in [5, 5.41) is 2.83. The van der Waals surface area contributed by atoms with Crippen molar-refractivity contribution in [2.45, 2.75) is 57.2 Å². The van der Waals surface area contributed by atoms with Crippen LogP contribution in [0.3, 0.4) is 0 Å². The summed E-state index contributed by atoms with van der Waals surface area (Å²) in [6.45, 7) is 10.4. The second-order valence-corrected chi connectivity index (χ2v) is 7.54. The van der Waals surface area contributed by atoms with Crippen molar-refractivity contribution in [1.82, 2.24) is 5.32 Å². The first-order valence-electron chi connectivity index (χ1n) is 6.85. The van der Waals surface area contributed by atoms with Gasteiger partial charge in [0, 0.05) is 6.04 Å². The lowest BCUT2D eigenvalue weighted by molar-refractivity contribution is 0.509. The Hall–Kier alpha value is -0.870. The van der Waals surface area contributed by atoms with Gasteiger partial charge in [0.25, 0.3) is 0 Å². The van der Waals surface area contributed by atoms with Crippen LogP contribution >= 0.6 is 0 Å². The molecule has 0 radical (unpaired) electrons. The van der Waals surface area contributed by atoms with Gasteiger partial charge in [-0.25, -0.2) is 8.42 Å². The number of benzene rings is 1. The third-order valence-electron chi connectivity index (χ3n) is 3.56. The highest BCUT2D eigenvalue weighted by Crippen LogP contribution is 2.23. The minimum Gasteiger partial charge on any atom is -0.313 e. The molecule has 0 saturated carbocycles. The lowest BCUT2D eigenvalue weighted by Crippen LogP contribution is -2.40. The topological polar surface area (TPSA) is 46.2 Å². The van der Waals surface area contributed by atoms with Gasteiger partial charge in [0.05, 0.1) is 10.1 Å². The molecule has 1 N–H and O–H groups in total. The van der Waals surface area contributed by atoms with E-state index in [0.717, 1.165) is 24.1 Å². The highest BCUT2D eigenvalue weighted by molar-refractivity contribution is 7.92. The van der Waals surface area contributed by atoms with Crippen LogP contribution in [0, 0.1) is 13.8 Å². The molecule has 2 atom stereocenters. The molecule has 3 nitrogen and oxygen atoms in total. The van der Waals surface area contributed by atoms with Gasteiger partial charge in [0.15, 0.2) is 9.84 Å². The highest BCUT2D eigenvalue weighted by Gasteiger charge is 2.29. The summed E-state index contributed by atoms with van der Waals surface area (Å²) in [7, 11) is -3.28. The molecule has 108 valence electrons. The quantitative estimate of drug-likeness (QED) is 0.873. The van der Waals surface area contributed by atoms with Gasteiger partial charge in [0.1, 0.15) is 0 Å². The molecule has 0 heterocycles. The first-order chi connectivity index (χ1) is 8.80. The molecule has 0 fully saturated rings. The lowest BCUT2D eigenvalue weighted by Gasteiger charge is -2.22. The van der Waals surface area contributed by atoms with E-state index >= 15 is 0 Å². The van der Waals surface area contributed by atoms with Gasteiger partial charge >= 0.3 is 0 Å². The average Bonchev–Trinajstić information content (AvgIpc) is 2.37. The van der Waals surface area contributed by atoms with Crippen molar-refractivity contribution in [2.75, 3.05) is 6.54 Å². The molecule has 2 unspecified atom stereocenters. The van der Waals surface area contributed by atoms with Crippen molar-refractivity contribution >= 4 is 9.84 Å². The third-order valence-corrected chi connectivity index (χ3v) is 6.00. The SMILES string of the molecule is CCCNC(C)C(C)S(=O)(=O)c1cc(C)ccc1C. The van der Waals surface area contributed by atoms with Gasteiger partial charge in [-0.05, 0) is 57.9 Å². The van der Waals surface area contributed by atoms with Gasteiger partial charge in [-0.3, -0.25) is 0 Å². The third kappa shape index (κ3) is 3.80. The standard InChI is InChI=1S/C15H25NO2S/c1-6-9-16-13(4)14(5)19(17,18)15-10-11(2)7-8-12(15)3/h7-8,10,13-14,16H,6,9H2,1-5H3. The maximum atomic E-state index is 12.7. The molecule has 0 aromatic heterocycles. The van der Waals surface area contributed by atoms with Crippen LogP contribution in [0.2, 0.25) is 0 Å². The first kappa shape index (κ1) is 16.2. The summed E-state index contributed by atoms with van der Waals surface area (Å²) >= 11 is 0. The Kier molecular flexibility index (Phi) is 5.56. The van der Waals surface area contributed by atoms with Gasteiger partial charge in [-0.2, -0.15) is 0 Å². The van der Waals surface area contributed by atoms with E-state index in [1.807, 2.05) is 32.9 Å². The normalized spacial score (nSPS) is 15.2. The smallest absolute Gasteiger partial charge is 0.182 e. The maximum Gasteiger partial charge on any atom is 0.182 e. The number of nitrogens with one attached hydrogen (secondary N) is 1. The van der Waals surface area contributed by atoms with Gasteiger partial charge in [-0.1, -0.05) is 19.1 Å². The average molecular weight is 283 g/mol. The molecule has 0 aliphatic rings. The Morgan fingerprint density at radius 3 is 2.42 bits per heavy atom. The van der Waals surface area contributed by atoms with Crippen LogP contribution < -0.4 is 5.32 Å². The summed E-state index contributed by atoms with van der Waals surface area (Å²) in [5.74, 6) is 0. The van der Waals surface area contributed by atoms with Gasteiger partial charge < -0.3 is 5.32 Å². The minimum absolute atomic E-state index is 0.0511. The van der Waals surface area contributed by atoms with Crippen molar-refractivity contribution in [3.05, 3.63) is 29.3 Å². The number of rotatable bonds is 6. The molecule has 0 aliphatic carbocycles. The molecule has 1 rings (SSSR count). The fraction of sp³-hybridized carbons (Fsp3) is 0.600. The van der Waals surface area contributed by atoms with Crippen LogP contribution in [0.25, 0.3) is 0 Å². The molecule has 19 heavy (non-hydrogen) atoms. The lowest BCUT2D eigenvalue weighted by atomic mass is 10.2. The predicted molar refractivity (Wildman–Crippen MR) is 80.3 cm³/mol. The molecular weight excluding hydrogens is 258 g/mol. The number of aryl methyl sites for hydroxylation is 2. The van der Waals surface area contributed by atoms with Crippen LogP contribution in [0.4, 0.5) is 0 Å². The van der Waals surface area contributed by atoms with E-state index in [4.69, 9.17) is 0 Å². The molecule has 0 spiro atoms. The molecule has 1 aromatic rings. The van der Waals surface area contributed by atoms with E-state index in [1.54, 1.807) is 13.0 Å². The summed E-state index contributed by atoms with van der Waals surface area (Å²) in [6, 6.07) is 5.54. The van der Waals surface area contributed by atoms with Gasteiger partial charge in [-0.15, -0.1) is 0 Å². The Labute approximate surface area is 117 Å². The largest absolute Gasteiger partial charge is 0.313 e. The minimum atomic E-state index is -3.28. The van der Waals surface area contributed by atoms with E-state index in [9.17, 15) is 8.42 Å². The highest BCUT2D eigenvalue weighted by atomic mass is 32.2. The Morgan fingerprint density at radius 2 is 1.84 bits per heavy atom. The van der Waals surface area contributed by atoms with E-state index in [1.165, 1.54) is 0 Å². The second-order valence-electron chi connectivity index (χ2n) is 5.26. The summed E-state index contributed by atoms with van der Waals surface area (Å²) in [4.78, 5) is 0.463. The van der Waals surface area contributed by atoms with Crippen LogP contribution in [0.5, 0.6) is 0 Å². The Balaban J connectivity index is 3.06. The van der Waals surface area contributed by atoms with Crippen LogP contribution in [0.15, 0.2) is 23.1 Å². The van der Waals surface area contributed by atoms with Crippen LogP contribution in [-0.2, 0) is 9.84 Å². The van der Waals surface area contributed by atoms with Crippen molar-refractivity contribution in [3.8, 4) is 0 Å². The zero-order valence-corrected chi connectivity index (χ0v) is 13.3. The van der Waals surface area contributed by atoms with E-state index in [0.29, 0.717) is 4.90 Å². The van der Waals surface area contributed by atoms with Crippen LogP contribution in [0.1, 0.15) is 38.3 Å². The summed E-state index contributed by atoms with van der Waals surface area (Å²) < 4.78 is 25.3. The monoisotopic (exact) mass is 283 g/mol. The Morgan fingerprint density at radius 1 is 1.21 bits per heavy atom. The van der Waals surface area contributed by atoms with E-state index in [-0.39, 0.29) is 6.04 Å².